The van der Waals surface area contributed by atoms with Gasteiger partial charge in [0, 0.05) is 25.4 Å². The first-order valence-corrected chi connectivity index (χ1v) is 7.87. The van der Waals surface area contributed by atoms with Crippen molar-refractivity contribution in [3.8, 4) is 5.75 Å². The van der Waals surface area contributed by atoms with E-state index in [4.69, 9.17) is 9.84 Å². The third-order valence-corrected chi connectivity index (χ3v) is 4.03. The lowest BCUT2D eigenvalue weighted by molar-refractivity contribution is 0.233. The average molecular weight is 308 g/mol. The summed E-state index contributed by atoms with van der Waals surface area (Å²) in [6.45, 7) is 0.445. The molecule has 2 N–H and O–H groups in total. The first kappa shape index (κ1) is 15.3. The number of hydrogen-bond acceptors (Lipinski definition) is 5. The number of hydrogen-bond donors (Lipinski definition) is 2. The number of aliphatic hydroxyl groups is 1. The lowest BCUT2D eigenvalue weighted by atomic mass is 10.3. The molecule has 0 unspecified atom stereocenters. The topological polar surface area (TPSA) is 88.5 Å². The molecule has 0 fully saturated rings. The largest absolute Gasteiger partial charge is 0.494 e. The molecule has 0 bridgehead atoms. The Morgan fingerprint density at radius 1 is 1.10 bits per heavy atom. The Labute approximate surface area is 123 Å². The smallest absolute Gasteiger partial charge is 0.261 e. The molecule has 0 aliphatic heterocycles. The summed E-state index contributed by atoms with van der Waals surface area (Å²) >= 11 is 0. The first-order chi connectivity index (χ1) is 10.1. The zero-order valence-corrected chi connectivity index (χ0v) is 12.1. The van der Waals surface area contributed by atoms with Gasteiger partial charge in [0.05, 0.1) is 17.2 Å². The number of anilines is 1. The fraction of sp³-hybridized carbons (Fsp3) is 0.214. The van der Waals surface area contributed by atoms with Crippen LogP contribution in [0.15, 0.2) is 53.7 Å². The molecular formula is C14H16N2O4S. The van der Waals surface area contributed by atoms with Crippen molar-refractivity contribution < 1.29 is 18.3 Å². The van der Waals surface area contributed by atoms with Crippen molar-refractivity contribution in [2.24, 2.45) is 0 Å². The van der Waals surface area contributed by atoms with Crippen LogP contribution in [0.4, 0.5) is 5.69 Å². The molecule has 0 aliphatic carbocycles. The molecule has 6 nitrogen and oxygen atoms in total. The van der Waals surface area contributed by atoms with E-state index >= 15 is 0 Å². The lowest BCUT2D eigenvalue weighted by Gasteiger charge is -2.09. The number of ether oxygens (including phenoxy) is 1. The monoisotopic (exact) mass is 308 g/mol. The molecule has 1 aromatic heterocycles. The van der Waals surface area contributed by atoms with Crippen LogP contribution in [0.3, 0.4) is 0 Å². The summed E-state index contributed by atoms with van der Waals surface area (Å²) in [4.78, 5) is 3.97. The van der Waals surface area contributed by atoms with Gasteiger partial charge in [-0.3, -0.25) is 9.71 Å². The highest BCUT2D eigenvalue weighted by Gasteiger charge is 2.13. The molecule has 2 aromatic rings. The molecule has 0 amide bonds. The molecule has 2 rings (SSSR count). The number of aromatic nitrogens is 1. The SMILES string of the molecule is O=S(=O)(Nc1ccncc1)c1ccc(OCCCO)cc1. The maximum absolute atomic E-state index is 12.2. The van der Waals surface area contributed by atoms with Crippen LogP contribution in [0.1, 0.15) is 6.42 Å². The molecule has 7 heteroatoms. The van der Waals surface area contributed by atoms with Crippen molar-refractivity contribution in [1.82, 2.24) is 4.98 Å². The highest BCUT2D eigenvalue weighted by molar-refractivity contribution is 7.92. The van der Waals surface area contributed by atoms with Crippen molar-refractivity contribution in [2.75, 3.05) is 17.9 Å². The molecular weight excluding hydrogens is 292 g/mol. The van der Waals surface area contributed by atoms with E-state index in [-0.39, 0.29) is 11.5 Å². The van der Waals surface area contributed by atoms with E-state index < -0.39 is 10.0 Å². The van der Waals surface area contributed by atoms with Gasteiger partial charge >= 0.3 is 0 Å². The number of sulfonamides is 1. The van der Waals surface area contributed by atoms with E-state index in [2.05, 4.69) is 9.71 Å². The molecule has 0 radical (unpaired) electrons. The van der Waals surface area contributed by atoms with Crippen molar-refractivity contribution >= 4 is 15.7 Å². The molecule has 0 saturated heterocycles. The number of benzene rings is 1. The van der Waals surface area contributed by atoms with Crippen LogP contribution in [0.2, 0.25) is 0 Å². The molecule has 112 valence electrons. The number of nitrogens with one attached hydrogen (secondary N) is 1. The first-order valence-electron chi connectivity index (χ1n) is 6.38. The summed E-state index contributed by atoms with van der Waals surface area (Å²) in [6.07, 6.45) is 3.55. The highest BCUT2D eigenvalue weighted by Crippen LogP contribution is 2.19. The standard InChI is InChI=1S/C14H16N2O4S/c17-10-1-11-20-13-2-4-14(5-3-13)21(18,19)16-12-6-8-15-9-7-12/h2-9,17H,1,10-11H2,(H,15,16). The predicted molar refractivity (Wildman–Crippen MR) is 78.7 cm³/mol. The highest BCUT2D eigenvalue weighted by atomic mass is 32.2. The summed E-state index contributed by atoms with van der Waals surface area (Å²) in [7, 11) is -3.63. The Morgan fingerprint density at radius 3 is 2.38 bits per heavy atom. The van der Waals surface area contributed by atoms with Gasteiger partial charge in [-0.1, -0.05) is 0 Å². The average Bonchev–Trinajstić information content (AvgIpc) is 2.49. The lowest BCUT2D eigenvalue weighted by Crippen LogP contribution is -2.12. The molecule has 21 heavy (non-hydrogen) atoms. The van der Waals surface area contributed by atoms with Crippen LogP contribution >= 0.6 is 0 Å². The minimum atomic E-state index is -3.63. The second-order valence-corrected chi connectivity index (χ2v) is 5.92. The van der Waals surface area contributed by atoms with Gasteiger partial charge in [0.2, 0.25) is 0 Å². The zero-order valence-electron chi connectivity index (χ0n) is 11.3. The molecule has 0 atom stereocenters. The third-order valence-electron chi connectivity index (χ3n) is 2.64. The van der Waals surface area contributed by atoms with E-state index in [0.29, 0.717) is 24.5 Å². The van der Waals surface area contributed by atoms with Crippen molar-refractivity contribution in [3.05, 3.63) is 48.8 Å². The van der Waals surface area contributed by atoms with Crippen molar-refractivity contribution in [1.29, 1.82) is 0 Å². The van der Waals surface area contributed by atoms with E-state index in [9.17, 15) is 8.42 Å². The second-order valence-electron chi connectivity index (χ2n) is 4.24. The Morgan fingerprint density at radius 2 is 1.76 bits per heavy atom. The summed E-state index contributed by atoms with van der Waals surface area (Å²) in [5.41, 5.74) is 0.452. The number of aliphatic hydroxyl groups excluding tert-OH is 1. The third kappa shape index (κ3) is 4.44. The van der Waals surface area contributed by atoms with Crippen LogP contribution in [-0.4, -0.2) is 31.7 Å². The quantitative estimate of drug-likeness (QED) is 0.759. The Balaban J connectivity index is 2.06. The van der Waals surface area contributed by atoms with Gasteiger partial charge in [-0.25, -0.2) is 8.42 Å². The number of rotatable bonds is 7. The maximum atomic E-state index is 12.2. The molecule has 0 aliphatic rings. The van der Waals surface area contributed by atoms with Crippen LogP contribution in [0.5, 0.6) is 5.75 Å². The summed E-state index contributed by atoms with van der Waals surface area (Å²) in [6, 6.07) is 9.25. The molecule has 1 aromatic carbocycles. The van der Waals surface area contributed by atoms with Crippen LogP contribution in [0.25, 0.3) is 0 Å². The summed E-state index contributed by atoms with van der Waals surface area (Å²) in [5, 5.41) is 8.66. The molecule has 0 saturated carbocycles. The number of pyridine rings is 1. The van der Waals surface area contributed by atoms with Crippen LogP contribution in [0, 0.1) is 0 Å². The summed E-state index contributed by atoms with van der Waals surface area (Å²) < 4.78 is 32.1. The minimum Gasteiger partial charge on any atom is -0.494 e. The van der Waals surface area contributed by atoms with Crippen molar-refractivity contribution in [3.63, 3.8) is 0 Å². The minimum absolute atomic E-state index is 0.0579. The second kappa shape index (κ2) is 7.05. The fourth-order valence-electron chi connectivity index (χ4n) is 1.60. The number of nitrogens with zero attached hydrogens (tertiary/aromatic N) is 1. The van der Waals surface area contributed by atoms with E-state index in [1.54, 1.807) is 24.3 Å². The Kier molecular flexibility index (Phi) is 5.13. The zero-order chi connectivity index (χ0) is 15.1. The van der Waals surface area contributed by atoms with Crippen LogP contribution in [-0.2, 0) is 10.0 Å². The summed E-state index contributed by atoms with van der Waals surface area (Å²) in [5.74, 6) is 0.561. The van der Waals surface area contributed by atoms with E-state index in [1.807, 2.05) is 0 Å². The Bertz CT molecular complexity index is 657. The van der Waals surface area contributed by atoms with Gasteiger partial charge in [0.1, 0.15) is 5.75 Å². The van der Waals surface area contributed by atoms with Gasteiger partial charge in [-0.15, -0.1) is 0 Å². The molecule has 1 heterocycles. The van der Waals surface area contributed by atoms with Gasteiger partial charge in [0.25, 0.3) is 10.0 Å². The van der Waals surface area contributed by atoms with Gasteiger partial charge < -0.3 is 9.84 Å². The Hall–Kier alpha value is -2.12. The van der Waals surface area contributed by atoms with E-state index in [1.165, 1.54) is 24.5 Å². The fourth-order valence-corrected chi connectivity index (χ4v) is 2.66. The van der Waals surface area contributed by atoms with Gasteiger partial charge in [-0.05, 0) is 36.4 Å². The van der Waals surface area contributed by atoms with Gasteiger partial charge in [-0.2, -0.15) is 0 Å². The normalized spacial score (nSPS) is 11.1. The molecule has 0 spiro atoms. The maximum Gasteiger partial charge on any atom is 0.261 e. The van der Waals surface area contributed by atoms with Gasteiger partial charge in [0.15, 0.2) is 0 Å². The van der Waals surface area contributed by atoms with Crippen molar-refractivity contribution in [2.45, 2.75) is 11.3 Å². The predicted octanol–water partition coefficient (Wildman–Crippen LogP) is 1.64. The van der Waals surface area contributed by atoms with E-state index in [0.717, 1.165) is 0 Å². The van der Waals surface area contributed by atoms with Crippen LogP contribution < -0.4 is 9.46 Å².